The fourth-order valence-electron chi connectivity index (χ4n) is 3.21. The molecule has 2 atom stereocenters. The normalized spacial score (nSPS) is 17.3. The molecule has 0 spiro atoms. The van der Waals surface area contributed by atoms with Crippen LogP contribution in [0.3, 0.4) is 0 Å². The summed E-state index contributed by atoms with van der Waals surface area (Å²) in [6, 6.07) is 8.03. The number of ketones is 1. The molecular weight excluding hydrogens is 382 g/mol. The van der Waals surface area contributed by atoms with Gasteiger partial charge in [0, 0.05) is 29.6 Å². The summed E-state index contributed by atoms with van der Waals surface area (Å²) < 4.78 is 6.39. The van der Waals surface area contributed by atoms with Crippen LogP contribution in [0.5, 0.6) is 0 Å². The van der Waals surface area contributed by atoms with Crippen LogP contribution in [0.4, 0.5) is 0 Å². The second-order valence-electron chi connectivity index (χ2n) is 6.20. The van der Waals surface area contributed by atoms with E-state index < -0.39 is 0 Å². The molecule has 0 amide bonds. The molecule has 0 bridgehead atoms. The van der Waals surface area contributed by atoms with Gasteiger partial charge in [0.2, 0.25) is 0 Å². The Morgan fingerprint density at radius 1 is 1.28 bits per heavy atom. The predicted octanol–water partition coefficient (Wildman–Crippen LogP) is 3.92. The number of hydrogen-bond acceptors (Lipinski definition) is 4. The SMILES string of the molecule is CC.CC(=O)C(CCNC(CO)C1CCOCC1)c1ccc(Br)cc1. The zero-order chi connectivity index (χ0) is 18.7. The Labute approximate surface area is 160 Å². The molecule has 0 aromatic heterocycles. The Bertz CT molecular complexity index is 486. The van der Waals surface area contributed by atoms with Gasteiger partial charge in [-0.3, -0.25) is 4.79 Å². The number of halogens is 1. The average molecular weight is 414 g/mol. The molecule has 2 rings (SSSR count). The molecule has 1 aromatic carbocycles. The van der Waals surface area contributed by atoms with Gasteiger partial charge in [0.1, 0.15) is 5.78 Å². The van der Waals surface area contributed by atoms with Crippen molar-refractivity contribution in [2.45, 2.75) is 52.0 Å². The number of rotatable bonds is 8. The number of hydrogen-bond donors (Lipinski definition) is 2. The van der Waals surface area contributed by atoms with Gasteiger partial charge in [-0.2, -0.15) is 0 Å². The van der Waals surface area contributed by atoms with E-state index in [1.165, 1.54) is 0 Å². The van der Waals surface area contributed by atoms with Crippen molar-refractivity contribution in [1.29, 1.82) is 0 Å². The first-order chi connectivity index (χ1) is 12.1. The van der Waals surface area contributed by atoms with E-state index in [0.29, 0.717) is 5.92 Å². The minimum absolute atomic E-state index is 0.0929. The molecule has 4 nitrogen and oxygen atoms in total. The van der Waals surface area contributed by atoms with Crippen LogP contribution in [0, 0.1) is 5.92 Å². The number of aliphatic hydroxyl groups excluding tert-OH is 1. The maximum absolute atomic E-state index is 12.0. The molecule has 0 aliphatic carbocycles. The number of nitrogens with one attached hydrogen (secondary N) is 1. The maximum atomic E-state index is 12.0. The number of aliphatic hydroxyl groups is 1. The third kappa shape index (κ3) is 7.57. The number of benzene rings is 1. The van der Waals surface area contributed by atoms with E-state index in [4.69, 9.17) is 4.74 Å². The summed E-state index contributed by atoms with van der Waals surface area (Å²) in [4.78, 5) is 12.0. The Hall–Kier alpha value is -0.750. The van der Waals surface area contributed by atoms with E-state index in [-0.39, 0.29) is 24.3 Å². The van der Waals surface area contributed by atoms with Crippen molar-refractivity contribution < 1.29 is 14.6 Å². The highest BCUT2D eigenvalue weighted by Gasteiger charge is 2.24. The molecule has 0 saturated carbocycles. The molecule has 2 unspecified atom stereocenters. The highest BCUT2D eigenvalue weighted by atomic mass is 79.9. The van der Waals surface area contributed by atoms with Crippen molar-refractivity contribution >= 4 is 21.7 Å². The summed E-state index contributed by atoms with van der Waals surface area (Å²) in [5, 5.41) is 13.1. The molecule has 1 aromatic rings. The lowest BCUT2D eigenvalue weighted by Gasteiger charge is -2.30. The van der Waals surface area contributed by atoms with Crippen molar-refractivity contribution in [3.05, 3.63) is 34.3 Å². The predicted molar refractivity (Wildman–Crippen MR) is 106 cm³/mol. The molecule has 5 heteroatoms. The maximum Gasteiger partial charge on any atom is 0.137 e. The molecule has 1 fully saturated rings. The van der Waals surface area contributed by atoms with E-state index in [9.17, 15) is 9.90 Å². The molecular formula is C20H32BrNO3. The second-order valence-corrected chi connectivity index (χ2v) is 7.11. The van der Waals surface area contributed by atoms with E-state index in [0.717, 1.165) is 49.1 Å². The van der Waals surface area contributed by atoms with Crippen molar-refractivity contribution in [3.63, 3.8) is 0 Å². The van der Waals surface area contributed by atoms with Crippen LogP contribution < -0.4 is 5.32 Å². The first-order valence-electron chi connectivity index (χ1n) is 9.29. The van der Waals surface area contributed by atoms with Gasteiger partial charge in [-0.15, -0.1) is 0 Å². The molecule has 1 saturated heterocycles. The Kier molecular flexibility index (Phi) is 11.2. The topological polar surface area (TPSA) is 58.6 Å². The third-order valence-corrected chi connectivity index (χ3v) is 5.16. The molecule has 0 radical (unpaired) electrons. The van der Waals surface area contributed by atoms with Gasteiger partial charge >= 0.3 is 0 Å². The molecule has 142 valence electrons. The van der Waals surface area contributed by atoms with Gasteiger partial charge in [-0.05, 0) is 56.3 Å². The highest BCUT2D eigenvalue weighted by Crippen LogP contribution is 2.23. The van der Waals surface area contributed by atoms with E-state index >= 15 is 0 Å². The van der Waals surface area contributed by atoms with Crippen LogP contribution >= 0.6 is 15.9 Å². The van der Waals surface area contributed by atoms with Crippen molar-refractivity contribution in [3.8, 4) is 0 Å². The van der Waals surface area contributed by atoms with Crippen LogP contribution in [0.15, 0.2) is 28.7 Å². The van der Waals surface area contributed by atoms with Crippen molar-refractivity contribution in [2.24, 2.45) is 5.92 Å². The summed E-state index contributed by atoms with van der Waals surface area (Å²) in [5.41, 5.74) is 1.05. The zero-order valence-corrected chi connectivity index (χ0v) is 17.2. The average Bonchev–Trinajstić information content (AvgIpc) is 2.65. The Morgan fingerprint density at radius 2 is 1.88 bits per heavy atom. The molecule has 1 aliphatic heterocycles. The Balaban J connectivity index is 0.00000151. The number of Topliss-reactive ketones (excluding diaryl/α,β-unsaturated/α-hetero) is 1. The quantitative estimate of drug-likeness (QED) is 0.677. The summed E-state index contributed by atoms with van der Waals surface area (Å²) >= 11 is 3.42. The second kappa shape index (κ2) is 12.6. The minimum Gasteiger partial charge on any atom is -0.395 e. The van der Waals surface area contributed by atoms with Crippen LogP contribution in [0.25, 0.3) is 0 Å². The lowest BCUT2D eigenvalue weighted by atomic mass is 9.90. The fraction of sp³-hybridized carbons (Fsp3) is 0.650. The van der Waals surface area contributed by atoms with Crippen LogP contribution in [-0.2, 0) is 9.53 Å². The lowest BCUT2D eigenvalue weighted by Crippen LogP contribution is -2.42. The molecule has 25 heavy (non-hydrogen) atoms. The number of carbonyl (C=O) groups excluding carboxylic acids is 1. The summed E-state index contributed by atoms with van der Waals surface area (Å²) in [7, 11) is 0. The third-order valence-electron chi connectivity index (χ3n) is 4.63. The van der Waals surface area contributed by atoms with Crippen molar-refractivity contribution in [2.75, 3.05) is 26.4 Å². The van der Waals surface area contributed by atoms with E-state index in [1.807, 2.05) is 38.1 Å². The largest absolute Gasteiger partial charge is 0.395 e. The van der Waals surface area contributed by atoms with Crippen LogP contribution in [-0.4, -0.2) is 43.3 Å². The number of carbonyl (C=O) groups is 1. The fourth-order valence-corrected chi connectivity index (χ4v) is 3.48. The molecule has 1 heterocycles. The van der Waals surface area contributed by atoms with Gasteiger partial charge < -0.3 is 15.2 Å². The van der Waals surface area contributed by atoms with Gasteiger partial charge in [-0.1, -0.05) is 41.9 Å². The molecule has 2 N–H and O–H groups in total. The lowest BCUT2D eigenvalue weighted by molar-refractivity contribution is -0.118. The highest BCUT2D eigenvalue weighted by molar-refractivity contribution is 9.10. The van der Waals surface area contributed by atoms with E-state index in [2.05, 4.69) is 21.2 Å². The standard InChI is InChI=1S/C18H26BrNO3.C2H6/c1-13(22)17(14-2-4-16(19)5-3-14)6-9-20-18(12-21)15-7-10-23-11-8-15;1-2/h2-5,15,17-18,20-21H,6-12H2,1H3;1-2H3. The minimum atomic E-state index is -0.0929. The monoisotopic (exact) mass is 413 g/mol. The van der Waals surface area contributed by atoms with Gasteiger partial charge in [0.15, 0.2) is 0 Å². The summed E-state index contributed by atoms with van der Waals surface area (Å²) in [6.45, 7) is 8.06. The van der Waals surface area contributed by atoms with Gasteiger partial charge in [0.05, 0.1) is 6.61 Å². The van der Waals surface area contributed by atoms with Gasteiger partial charge in [-0.25, -0.2) is 0 Å². The van der Waals surface area contributed by atoms with Crippen LogP contribution in [0.2, 0.25) is 0 Å². The number of ether oxygens (including phenoxy) is 1. The summed E-state index contributed by atoms with van der Waals surface area (Å²) in [5.74, 6) is 0.544. The summed E-state index contributed by atoms with van der Waals surface area (Å²) in [6.07, 6.45) is 2.72. The van der Waals surface area contributed by atoms with E-state index in [1.54, 1.807) is 6.92 Å². The zero-order valence-electron chi connectivity index (χ0n) is 15.6. The Morgan fingerprint density at radius 3 is 2.40 bits per heavy atom. The smallest absolute Gasteiger partial charge is 0.137 e. The van der Waals surface area contributed by atoms with Gasteiger partial charge in [0.25, 0.3) is 0 Å². The first-order valence-corrected chi connectivity index (χ1v) is 10.1. The molecule has 1 aliphatic rings. The van der Waals surface area contributed by atoms with Crippen LogP contribution in [0.1, 0.15) is 51.5 Å². The van der Waals surface area contributed by atoms with Crippen molar-refractivity contribution in [1.82, 2.24) is 5.32 Å². The first kappa shape index (κ1) is 22.3.